The number of fused-ring (bicyclic) bond motifs is 2. The normalized spacial score (nSPS) is 28.7. The zero-order chi connectivity index (χ0) is 17.2. The highest BCUT2D eigenvalue weighted by Crippen LogP contribution is 2.44. The Morgan fingerprint density at radius 3 is 2.75 bits per heavy atom. The molecule has 138 valence electrons. The van der Waals surface area contributed by atoms with Crippen LogP contribution in [-0.4, -0.2) is 36.1 Å². The van der Waals surface area contributed by atoms with Gasteiger partial charge in [0.2, 0.25) is 0 Å². The van der Waals surface area contributed by atoms with Crippen LogP contribution in [0.1, 0.15) is 77.6 Å². The van der Waals surface area contributed by atoms with Crippen LogP contribution >= 0.6 is 0 Å². The number of hydrogen-bond donors (Lipinski definition) is 1. The maximum absolute atomic E-state index is 10.5. The number of unbranched alkanes of at least 4 members (excludes halogenated alkanes) is 5. The molecular formula is C19H33NO4. The van der Waals surface area contributed by atoms with Crippen molar-refractivity contribution in [2.24, 2.45) is 17.0 Å². The molecule has 2 bridgehead atoms. The van der Waals surface area contributed by atoms with Gasteiger partial charge >= 0.3 is 5.97 Å². The van der Waals surface area contributed by atoms with E-state index in [1.54, 1.807) is 0 Å². The molecule has 5 heteroatoms. The molecule has 4 unspecified atom stereocenters. The van der Waals surface area contributed by atoms with E-state index in [1.807, 2.05) is 6.21 Å². The Balaban J connectivity index is 1.65. The van der Waals surface area contributed by atoms with Gasteiger partial charge in [-0.25, -0.2) is 0 Å². The summed E-state index contributed by atoms with van der Waals surface area (Å²) in [6.45, 7) is 2.89. The summed E-state index contributed by atoms with van der Waals surface area (Å²) in [4.78, 5) is 15.9. The maximum Gasteiger partial charge on any atom is 0.303 e. The Bertz CT molecular complexity index is 399. The number of hydrogen-bond acceptors (Lipinski definition) is 4. The lowest BCUT2D eigenvalue weighted by molar-refractivity contribution is -0.137. The van der Waals surface area contributed by atoms with Crippen molar-refractivity contribution in [3.8, 4) is 0 Å². The molecule has 1 N–H and O–H groups in total. The van der Waals surface area contributed by atoms with Crippen molar-refractivity contribution >= 4 is 12.2 Å². The highest BCUT2D eigenvalue weighted by molar-refractivity contribution is 5.66. The van der Waals surface area contributed by atoms with Crippen molar-refractivity contribution in [3.05, 3.63) is 0 Å². The molecule has 0 aliphatic carbocycles. The number of nitrogens with zero attached hydrogens (tertiary/aromatic N) is 1. The largest absolute Gasteiger partial charge is 0.481 e. The Morgan fingerprint density at radius 2 is 1.96 bits per heavy atom. The molecule has 24 heavy (non-hydrogen) atoms. The molecule has 2 rings (SSSR count). The number of aliphatic carboxylic acids is 1. The minimum absolute atomic E-state index is 0.294. The van der Waals surface area contributed by atoms with Gasteiger partial charge in [0.1, 0.15) is 6.61 Å². The van der Waals surface area contributed by atoms with Crippen molar-refractivity contribution in [2.75, 3.05) is 6.61 Å². The lowest BCUT2D eigenvalue weighted by atomic mass is 9.77. The van der Waals surface area contributed by atoms with Crippen LogP contribution in [0.25, 0.3) is 0 Å². The molecule has 0 amide bonds. The molecule has 5 nitrogen and oxygen atoms in total. The first kappa shape index (κ1) is 19.2. The summed E-state index contributed by atoms with van der Waals surface area (Å²) in [5, 5.41) is 12.9. The molecule has 4 atom stereocenters. The van der Waals surface area contributed by atoms with E-state index in [0.717, 1.165) is 44.9 Å². The number of carboxylic acids is 1. The van der Waals surface area contributed by atoms with Gasteiger partial charge in [0.25, 0.3) is 0 Å². The molecule has 0 spiro atoms. The summed E-state index contributed by atoms with van der Waals surface area (Å²) in [6.07, 6.45) is 14.0. The third-order valence-electron chi connectivity index (χ3n) is 5.31. The Morgan fingerprint density at radius 1 is 1.17 bits per heavy atom. The molecular weight excluding hydrogens is 306 g/mol. The Kier molecular flexibility index (Phi) is 8.57. The summed E-state index contributed by atoms with van der Waals surface area (Å²) in [6, 6.07) is 0. The lowest BCUT2D eigenvalue weighted by Crippen LogP contribution is -2.28. The van der Waals surface area contributed by atoms with E-state index in [4.69, 9.17) is 14.7 Å². The second-order valence-corrected chi connectivity index (χ2v) is 7.17. The monoisotopic (exact) mass is 339 g/mol. The Labute approximate surface area is 145 Å². The van der Waals surface area contributed by atoms with Gasteiger partial charge in [-0.2, -0.15) is 0 Å². The first-order chi connectivity index (χ1) is 11.7. The third-order valence-corrected chi connectivity index (χ3v) is 5.31. The van der Waals surface area contributed by atoms with Crippen LogP contribution in [0.2, 0.25) is 0 Å². The topological polar surface area (TPSA) is 68.1 Å². The molecule has 0 aromatic rings. The average molecular weight is 339 g/mol. The van der Waals surface area contributed by atoms with Crippen LogP contribution in [0.5, 0.6) is 0 Å². The summed E-state index contributed by atoms with van der Waals surface area (Å²) in [5.74, 6) is 0.270. The number of rotatable bonds is 13. The predicted octanol–water partition coefficient (Wildman–Crippen LogP) is 4.40. The molecule has 2 heterocycles. The van der Waals surface area contributed by atoms with E-state index < -0.39 is 5.97 Å². The van der Waals surface area contributed by atoms with Gasteiger partial charge in [0, 0.05) is 18.6 Å². The lowest BCUT2D eigenvalue weighted by Gasteiger charge is -2.24. The Hall–Kier alpha value is -1.10. The molecule has 2 aliphatic rings. The molecule has 2 aliphatic heterocycles. The predicted molar refractivity (Wildman–Crippen MR) is 94.2 cm³/mol. The van der Waals surface area contributed by atoms with Crippen molar-refractivity contribution in [2.45, 2.75) is 89.8 Å². The van der Waals surface area contributed by atoms with Gasteiger partial charge in [0.05, 0.1) is 12.2 Å². The highest BCUT2D eigenvalue weighted by Gasteiger charge is 2.47. The zero-order valence-electron chi connectivity index (χ0n) is 15.0. The second kappa shape index (κ2) is 10.7. The summed E-state index contributed by atoms with van der Waals surface area (Å²) in [7, 11) is 0. The van der Waals surface area contributed by atoms with Crippen LogP contribution in [0.3, 0.4) is 0 Å². The fourth-order valence-electron chi connectivity index (χ4n) is 3.99. The van der Waals surface area contributed by atoms with E-state index in [0.29, 0.717) is 37.1 Å². The van der Waals surface area contributed by atoms with E-state index in [2.05, 4.69) is 12.1 Å². The second-order valence-electron chi connectivity index (χ2n) is 7.17. The van der Waals surface area contributed by atoms with Gasteiger partial charge in [-0.1, -0.05) is 44.2 Å². The first-order valence-electron chi connectivity index (χ1n) is 9.75. The molecule has 2 fully saturated rings. The fraction of sp³-hybridized carbons (Fsp3) is 0.895. The summed E-state index contributed by atoms with van der Waals surface area (Å²) < 4.78 is 6.08. The zero-order valence-corrected chi connectivity index (χ0v) is 15.0. The minimum Gasteiger partial charge on any atom is -0.481 e. The maximum atomic E-state index is 10.5. The van der Waals surface area contributed by atoms with Gasteiger partial charge in [-0.3, -0.25) is 4.79 Å². The van der Waals surface area contributed by atoms with Crippen LogP contribution < -0.4 is 0 Å². The summed E-state index contributed by atoms with van der Waals surface area (Å²) >= 11 is 0. The highest BCUT2D eigenvalue weighted by atomic mass is 16.6. The number of carboxylic acid groups (broad SMARTS) is 1. The van der Waals surface area contributed by atoms with Crippen LogP contribution in [0.4, 0.5) is 0 Å². The van der Waals surface area contributed by atoms with Gasteiger partial charge < -0.3 is 14.7 Å². The van der Waals surface area contributed by atoms with Crippen LogP contribution in [-0.2, 0) is 14.4 Å². The number of oxime groups is 1. The molecule has 2 saturated heterocycles. The van der Waals surface area contributed by atoms with E-state index >= 15 is 0 Å². The molecule has 0 aromatic carbocycles. The van der Waals surface area contributed by atoms with E-state index in [1.165, 1.54) is 19.3 Å². The fourth-order valence-corrected chi connectivity index (χ4v) is 3.99. The smallest absolute Gasteiger partial charge is 0.303 e. The standard InChI is InChI=1S/C19H33NO4/c1-2-3-8-13-23-20-14-16-15(17-11-12-18(16)24-17)9-6-4-5-7-10-19(21)22/h14-18H,2-13H2,1H3,(H,21,22)/b20-14+. The van der Waals surface area contributed by atoms with Crippen molar-refractivity contribution < 1.29 is 19.5 Å². The number of carbonyl (C=O) groups is 1. The quantitative estimate of drug-likeness (QED) is 0.307. The van der Waals surface area contributed by atoms with Crippen LogP contribution in [0.15, 0.2) is 5.16 Å². The third kappa shape index (κ3) is 6.08. The van der Waals surface area contributed by atoms with Crippen molar-refractivity contribution in [3.63, 3.8) is 0 Å². The molecule has 0 aromatic heterocycles. The van der Waals surface area contributed by atoms with Gasteiger partial charge in [-0.05, 0) is 38.0 Å². The van der Waals surface area contributed by atoms with Crippen LogP contribution in [0, 0.1) is 11.8 Å². The SMILES string of the molecule is CCCCCO/N=C/C1C2CCC(O2)C1CCCCCCC(=O)O. The van der Waals surface area contributed by atoms with Gasteiger partial charge in [-0.15, -0.1) is 0 Å². The molecule has 0 radical (unpaired) electrons. The first-order valence-corrected chi connectivity index (χ1v) is 9.75. The summed E-state index contributed by atoms with van der Waals surface area (Å²) in [5.41, 5.74) is 0. The average Bonchev–Trinajstić information content (AvgIpc) is 3.15. The van der Waals surface area contributed by atoms with Gasteiger partial charge in [0.15, 0.2) is 0 Å². The number of ether oxygens (including phenoxy) is 1. The van der Waals surface area contributed by atoms with Crippen molar-refractivity contribution in [1.82, 2.24) is 0 Å². The minimum atomic E-state index is -0.688. The molecule has 0 saturated carbocycles. The van der Waals surface area contributed by atoms with E-state index in [9.17, 15) is 4.79 Å². The van der Waals surface area contributed by atoms with E-state index in [-0.39, 0.29) is 0 Å². The van der Waals surface area contributed by atoms with Crippen molar-refractivity contribution in [1.29, 1.82) is 0 Å².